The zero-order valence-corrected chi connectivity index (χ0v) is 17.3. The van der Waals surface area contributed by atoms with Gasteiger partial charge in [-0.25, -0.2) is 13.2 Å². The third kappa shape index (κ3) is 3.46. The van der Waals surface area contributed by atoms with Crippen LogP contribution in [0.1, 0.15) is 22.3 Å². The second kappa shape index (κ2) is 6.81. The lowest BCUT2D eigenvalue weighted by atomic mass is 10.1. The first-order valence-electron chi connectivity index (χ1n) is 9.46. The summed E-state index contributed by atoms with van der Waals surface area (Å²) in [6, 6.07) is 12.0. The van der Waals surface area contributed by atoms with Crippen LogP contribution in [0.5, 0.6) is 0 Å². The summed E-state index contributed by atoms with van der Waals surface area (Å²) in [6.07, 6.45) is 1.90. The van der Waals surface area contributed by atoms with Crippen LogP contribution in [-0.2, 0) is 23.0 Å². The Bertz CT molecular complexity index is 1030. The average Bonchev–Trinajstić information content (AvgIpc) is 3.17. The van der Waals surface area contributed by atoms with Gasteiger partial charge in [0.25, 0.3) is 0 Å². The van der Waals surface area contributed by atoms with Crippen LogP contribution in [0.2, 0.25) is 0 Å². The van der Waals surface area contributed by atoms with Crippen molar-refractivity contribution in [3.05, 3.63) is 58.7 Å². The third-order valence-electron chi connectivity index (χ3n) is 5.38. The first-order valence-corrected chi connectivity index (χ1v) is 11.3. The Morgan fingerprint density at radius 1 is 0.964 bits per heavy atom. The van der Waals surface area contributed by atoms with Crippen LogP contribution in [0.3, 0.4) is 0 Å². The van der Waals surface area contributed by atoms with Gasteiger partial charge in [0, 0.05) is 31.9 Å². The quantitative estimate of drug-likeness (QED) is 0.794. The minimum absolute atomic E-state index is 0.00271. The van der Waals surface area contributed by atoms with Crippen molar-refractivity contribution in [2.75, 3.05) is 35.1 Å². The summed E-state index contributed by atoms with van der Waals surface area (Å²) in [5, 5.41) is 0. The number of amides is 2. The van der Waals surface area contributed by atoms with Gasteiger partial charge in [-0.05, 0) is 49.6 Å². The van der Waals surface area contributed by atoms with E-state index in [0.717, 1.165) is 22.5 Å². The van der Waals surface area contributed by atoms with Crippen LogP contribution < -0.4 is 9.21 Å². The first-order chi connectivity index (χ1) is 13.2. The maximum absolute atomic E-state index is 12.9. The number of urea groups is 1. The molecule has 6 nitrogen and oxygen atoms in total. The number of aryl methyl sites for hydroxylation is 2. The average molecular weight is 400 g/mol. The van der Waals surface area contributed by atoms with E-state index in [0.29, 0.717) is 32.6 Å². The van der Waals surface area contributed by atoms with Gasteiger partial charge < -0.3 is 4.90 Å². The van der Waals surface area contributed by atoms with Crippen LogP contribution in [-0.4, -0.2) is 45.2 Å². The number of carbonyl (C=O) groups is 1. The Morgan fingerprint density at radius 2 is 1.68 bits per heavy atom. The summed E-state index contributed by atoms with van der Waals surface area (Å²) >= 11 is 0. The van der Waals surface area contributed by atoms with E-state index < -0.39 is 10.0 Å². The molecule has 0 bridgehead atoms. The highest BCUT2D eigenvalue weighted by molar-refractivity contribution is 7.92. The summed E-state index contributed by atoms with van der Waals surface area (Å²) in [7, 11) is -3.26. The Balaban J connectivity index is 1.53. The normalized spacial score (nSPS) is 16.8. The lowest BCUT2D eigenvalue weighted by Crippen LogP contribution is -2.31. The van der Waals surface area contributed by atoms with E-state index >= 15 is 0 Å². The van der Waals surface area contributed by atoms with E-state index in [9.17, 15) is 13.2 Å². The monoisotopic (exact) mass is 399 g/mol. The molecule has 148 valence electrons. The van der Waals surface area contributed by atoms with Gasteiger partial charge in [0.05, 0.1) is 11.9 Å². The third-order valence-corrected chi connectivity index (χ3v) is 6.56. The lowest BCUT2D eigenvalue weighted by Gasteiger charge is -2.21. The highest BCUT2D eigenvalue weighted by atomic mass is 32.2. The minimum atomic E-state index is -3.26. The van der Waals surface area contributed by atoms with Crippen LogP contribution in [0.25, 0.3) is 0 Å². The number of nitrogens with zero attached hydrogens (tertiary/aromatic N) is 3. The second-order valence-electron chi connectivity index (χ2n) is 7.75. The number of carbonyl (C=O) groups excluding carboxylic acids is 1. The molecule has 0 radical (unpaired) electrons. The Labute approximate surface area is 166 Å². The van der Waals surface area contributed by atoms with Crippen molar-refractivity contribution in [1.82, 2.24) is 4.90 Å². The van der Waals surface area contributed by atoms with Crippen LogP contribution in [0.4, 0.5) is 16.2 Å². The van der Waals surface area contributed by atoms with Crippen molar-refractivity contribution >= 4 is 27.4 Å². The Kier molecular flexibility index (Phi) is 4.57. The van der Waals surface area contributed by atoms with Gasteiger partial charge >= 0.3 is 6.03 Å². The van der Waals surface area contributed by atoms with E-state index in [4.69, 9.17) is 0 Å². The molecule has 2 aliphatic heterocycles. The SMILES string of the molecule is Cc1cc(C)cc(CN2CCN(c3ccc4c(c3)CCN4S(C)(=O)=O)C2=O)c1. The van der Waals surface area contributed by atoms with Crippen molar-refractivity contribution < 1.29 is 13.2 Å². The molecule has 0 saturated carbocycles. The number of sulfonamides is 1. The molecule has 0 unspecified atom stereocenters. The summed E-state index contributed by atoms with van der Waals surface area (Å²) < 4.78 is 25.3. The van der Waals surface area contributed by atoms with Gasteiger partial charge in [-0.1, -0.05) is 29.3 Å². The molecule has 1 fully saturated rings. The molecule has 0 aliphatic carbocycles. The van der Waals surface area contributed by atoms with Crippen LogP contribution in [0.15, 0.2) is 36.4 Å². The molecule has 2 aromatic carbocycles. The number of benzene rings is 2. The van der Waals surface area contributed by atoms with Gasteiger partial charge in [-0.15, -0.1) is 0 Å². The van der Waals surface area contributed by atoms with Gasteiger partial charge in [0.15, 0.2) is 0 Å². The number of fused-ring (bicyclic) bond motifs is 1. The van der Waals surface area contributed by atoms with E-state index in [1.165, 1.54) is 21.7 Å². The molecule has 28 heavy (non-hydrogen) atoms. The Hall–Kier alpha value is -2.54. The second-order valence-corrected chi connectivity index (χ2v) is 9.66. The summed E-state index contributed by atoms with van der Waals surface area (Å²) in [4.78, 5) is 16.6. The van der Waals surface area contributed by atoms with E-state index in [-0.39, 0.29) is 6.03 Å². The number of hydrogen-bond acceptors (Lipinski definition) is 3. The van der Waals surface area contributed by atoms with Crippen molar-refractivity contribution in [2.45, 2.75) is 26.8 Å². The summed E-state index contributed by atoms with van der Waals surface area (Å²) in [6.45, 7) is 6.52. The molecule has 2 amide bonds. The van der Waals surface area contributed by atoms with Gasteiger partial charge in [0.1, 0.15) is 0 Å². The Morgan fingerprint density at radius 3 is 2.36 bits per heavy atom. The molecule has 2 heterocycles. The smallest absolute Gasteiger partial charge is 0.318 e. The molecule has 0 atom stereocenters. The van der Waals surface area contributed by atoms with Crippen molar-refractivity contribution in [1.29, 1.82) is 0 Å². The zero-order valence-electron chi connectivity index (χ0n) is 16.5. The zero-order chi connectivity index (χ0) is 20.1. The predicted octanol–water partition coefficient (Wildman–Crippen LogP) is 3.07. The fourth-order valence-corrected chi connectivity index (χ4v) is 5.18. The van der Waals surface area contributed by atoms with E-state index in [1.807, 2.05) is 23.1 Å². The van der Waals surface area contributed by atoms with Crippen LogP contribution in [0, 0.1) is 13.8 Å². The first kappa shape index (κ1) is 18.8. The molecule has 0 N–H and O–H groups in total. The van der Waals surface area contributed by atoms with E-state index in [2.05, 4.69) is 32.0 Å². The van der Waals surface area contributed by atoms with Gasteiger partial charge in [-0.2, -0.15) is 0 Å². The standard InChI is InChI=1S/C21H25N3O3S/c1-15-10-16(2)12-17(11-15)14-22-8-9-23(21(22)25)19-4-5-20-18(13-19)6-7-24(20)28(3,26)27/h4-5,10-13H,6-9,14H2,1-3H3. The molecular weight excluding hydrogens is 374 g/mol. The lowest BCUT2D eigenvalue weighted by molar-refractivity contribution is 0.218. The predicted molar refractivity (Wildman–Crippen MR) is 111 cm³/mol. The number of anilines is 2. The highest BCUT2D eigenvalue weighted by Crippen LogP contribution is 2.34. The number of hydrogen-bond donors (Lipinski definition) is 0. The summed E-state index contributed by atoms with van der Waals surface area (Å²) in [5.74, 6) is 0. The van der Waals surface area contributed by atoms with Crippen LogP contribution >= 0.6 is 0 Å². The van der Waals surface area contributed by atoms with Crippen molar-refractivity contribution in [3.63, 3.8) is 0 Å². The fraction of sp³-hybridized carbons (Fsp3) is 0.381. The van der Waals surface area contributed by atoms with Crippen molar-refractivity contribution in [3.8, 4) is 0 Å². The fourth-order valence-electron chi connectivity index (χ4n) is 4.22. The molecule has 0 spiro atoms. The van der Waals surface area contributed by atoms with Crippen molar-refractivity contribution in [2.24, 2.45) is 0 Å². The molecular formula is C21H25N3O3S. The topological polar surface area (TPSA) is 60.9 Å². The van der Waals surface area contributed by atoms with Gasteiger partial charge in [0.2, 0.25) is 10.0 Å². The minimum Gasteiger partial charge on any atom is -0.318 e. The number of rotatable bonds is 4. The summed E-state index contributed by atoms with van der Waals surface area (Å²) in [5.41, 5.74) is 6.08. The molecule has 4 rings (SSSR count). The molecule has 2 aromatic rings. The molecule has 7 heteroatoms. The molecule has 0 aromatic heterocycles. The van der Waals surface area contributed by atoms with E-state index in [1.54, 1.807) is 4.90 Å². The highest BCUT2D eigenvalue weighted by Gasteiger charge is 2.32. The van der Waals surface area contributed by atoms with Gasteiger partial charge in [-0.3, -0.25) is 9.21 Å². The maximum Gasteiger partial charge on any atom is 0.324 e. The molecule has 1 saturated heterocycles. The maximum atomic E-state index is 12.9. The molecule has 2 aliphatic rings. The largest absolute Gasteiger partial charge is 0.324 e.